The molecule has 0 bridgehead atoms. The van der Waals surface area contributed by atoms with Crippen molar-refractivity contribution in [3.05, 3.63) is 0 Å². The number of hydrogen-bond acceptors (Lipinski definition) is 17. The zero-order valence-electron chi connectivity index (χ0n) is 31.7. The van der Waals surface area contributed by atoms with Gasteiger partial charge in [-0.2, -0.15) is 0 Å². The minimum Gasteiger partial charge on any atom is -0.463 e. The Hall–Kier alpha value is -2.77. The fourth-order valence-corrected chi connectivity index (χ4v) is 8.02. The highest BCUT2D eigenvalue weighted by atomic mass is 32.2. The van der Waals surface area contributed by atoms with Crippen LogP contribution in [0, 0.1) is 0 Å². The van der Waals surface area contributed by atoms with Crippen LogP contribution in [0.4, 0.5) is 0 Å². The van der Waals surface area contributed by atoms with E-state index < -0.39 is 110 Å². The predicted octanol–water partition coefficient (Wildman–Crippen LogP) is 3.21. The molecule has 2 fully saturated rings. The Kier molecular flexibility index (Phi) is 16.4. The van der Waals surface area contributed by atoms with Gasteiger partial charge in [0, 0.05) is 41.5 Å². The molecular weight excluding hydrogens is 713 g/mol. The van der Waals surface area contributed by atoms with Crippen molar-refractivity contribution in [2.75, 3.05) is 13.2 Å². The summed E-state index contributed by atoms with van der Waals surface area (Å²) in [5.41, 5.74) is -1.27. The van der Waals surface area contributed by atoms with Crippen LogP contribution in [0.3, 0.4) is 0 Å². The van der Waals surface area contributed by atoms with E-state index in [0.717, 1.165) is 32.5 Å². The van der Waals surface area contributed by atoms with Gasteiger partial charge in [0.2, 0.25) is 0 Å². The minimum absolute atomic E-state index is 0.298. The first kappa shape index (κ1) is 44.4. The average molecular weight is 767 g/mol. The van der Waals surface area contributed by atoms with Crippen LogP contribution in [0.25, 0.3) is 0 Å². The molecule has 2 aliphatic heterocycles. The van der Waals surface area contributed by atoms with Crippen LogP contribution < -0.4 is 0 Å². The largest absolute Gasteiger partial charge is 0.463 e. The van der Waals surface area contributed by atoms with Crippen molar-refractivity contribution < 1.29 is 75.8 Å². The summed E-state index contributed by atoms with van der Waals surface area (Å²) >= 11 is 0.964. The summed E-state index contributed by atoms with van der Waals surface area (Å²) in [6, 6.07) is 0. The highest BCUT2D eigenvalue weighted by Crippen LogP contribution is 2.45. The summed E-state index contributed by atoms with van der Waals surface area (Å²) in [5.74, 6) is -4.31. The Morgan fingerprint density at radius 1 is 0.627 bits per heavy atom. The second-order valence-corrected chi connectivity index (χ2v) is 20.2. The topological polar surface area (TPSA) is 195 Å². The monoisotopic (exact) mass is 766 g/mol. The van der Waals surface area contributed by atoms with Crippen LogP contribution in [-0.4, -0.2) is 123 Å². The maximum absolute atomic E-state index is 12.8. The lowest BCUT2D eigenvalue weighted by molar-refractivity contribution is -0.278. The molecule has 51 heavy (non-hydrogen) atoms. The quantitative estimate of drug-likeness (QED) is 0.142. The summed E-state index contributed by atoms with van der Waals surface area (Å²) in [7, 11) is -2.64. The van der Waals surface area contributed by atoms with Gasteiger partial charge in [-0.25, -0.2) is 0 Å². The standard InChI is InChI=1S/C33H54O16SSi/c1-16(2)42-31-28(49-51(12,13)33(9,10)11)27(45-21(7)38)30(24(47-31)15-41-18(4)35)50-32-29(46-22(8)39)26(44-20(6)37)25(43-19(5)36)23(48-32)14-40-17(3)34/h16,23-32H,14-15H2,1-13H3/t23-,24-,25+,26+,27-,28-,29-,30-,31+,32+/m1/s1. The van der Waals surface area contributed by atoms with E-state index in [0.29, 0.717) is 0 Å². The number of esters is 6. The van der Waals surface area contributed by atoms with Crippen LogP contribution in [0.5, 0.6) is 0 Å². The van der Waals surface area contributed by atoms with Crippen molar-refractivity contribution in [2.45, 2.75) is 160 Å². The number of ether oxygens (including phenoxy) is 9. The van der Waals surface area contributed by atoms with E-state index in [-0.39, 0.29) is 17.7 Å². The summed E-state index contributed by atoms with van der Waals surface area (Å²) in [4.78, 5) is 73.8. The lowest BCUT2D eigenvalue weighted by atomic mass is 9.99. The summed E-state index contributed by atoms with van der Waals surface area (Å²) in [6.07, 6.45) is -10.1. The van der Waals surface area contributed by atoms with Crippen molar-refractivity contribution >= 4 is 55.9 Å². The lowest BCUT2D eigenvalue weighted by Crippen LogP contribution is -2.65. The first-order valence-electron chi connectivity index (χ1n) is 16.7. The molecule has 0 aromatic rings. The molecule has 16 nitrogen and oxygen atoms in total. The van der Waals surface area contributed by atoms with Crippen molar-refractivity contribution in [3.8, 4) is 0 Å². The first-order valence-corrected chi connectivity index (χ1v) is 20.5. The molecule has 2 rings (SSSR count). The van der Waals surface area contributed by atoms with Gasteiger partial charge in [0.1, 0.15) is 43.1 Å². The van der Waals surface area contributed by atoms with Crippen LogP contribution in [0.1, 0.15) is 76.2 Å². The molecule has 10 atom stereocenters. The van der Waals surface area contributed by atoms with E-state index >= 15 is 0 Å². The van der Waals surface area contributed by atoms with Gasteiger partial charge in [-0.1, -0.05) is 20.8 Å². The Morgan fingerprint density at radius 2 is 1.08 bits per heavy atom. The summed E-state index contributed by atoms with van der Waals surface area (Å²) in [6.45, 7) is 20.0. The van der Waals surface area contributed by atoms with Crippen LogP contribution in [0.2, 0.25) is 18.1 Å². The molecule has 2 saturated heterocycles. The summed E-state index contributed by atoms with van der Waals surface area (Å²) in [5, 5.41) is -1.27. The second kappa shape index (κ2) is 18.8. The Balaban J connectivity index is 2.81. The van der Waals surface area contributed by atoms with Crippen LogP contribution in [-0.2, 0) is 75.8 Å². The molecule has 0 amide bonds. The Morgan fingerprint density at radius 3 is 1.53 bits per heavy atom. The van der Waals surface area contributed by atoms with Crippen molar-refractivity contribution in [1.29, 1.82) is 0 Å². The number of carbonyl (C=O) groups is 6. The second-order valence-electron chi connectivity index (χ2n) is 14.1. The molecule has 2 heterocycles. The van der Waals surface area contributed by atoms with E-state index in [1.54, 1.807) is 13.8 Å². The number of hydrogen-bond donors (Lipinski definition) is 0. The number of carbonyl (C=O) groups excluding carboxylic acids is 6. The fraction of sp³-hybridized carbons (Fsp3) is 0.818. The van der Waals surface area contributed by atoms with Crippen LogP contribution >= 0.6 is 11.8 Å². The molecular formula is C33H54O16SSi. The van der Waals surface area contributed by atoms with Gasteiger partial charge in [-0.3, -0.25) is 28.8 Å². The molecule has 0 unspecified atom stereocenters. The molecule has 0 aromatic heterocycles. The maximum atomic E-state index is 12.8. The Labute approximate surface area is 304 Å². The molecule has 0 radical (unpaired) electrons. The highest BCUT2D eigenvalue weighted by Gasteiger charge is 2.58. The van der Waals surface area contributed by atoms with Crippen LogP contribution in [0.15, 0.2) is 0 Å². The Bertz CT molecular complexity index is 1250. The van der Waals surface area contributed by atoms with Crippen molar-refractivity contribution in [3.63, 3.8) is 0 Å². The number of thioether (sulfide) groups is 1. The van der Waals surface area contributed by atoms with E-state index in [1.165, 1.54) is 20.8 Å². The van der Waals surface area contributed by atoms with Gasteiger partial charge < -0.3 is 47.1 Å². The predicted molar refractivity (Wildman–Crippen MR) is 182 cm³/mol. The van der Waals surface area contributed by atoms with Crippen molar-refractivity contribution in [1.82, 2.24) is 0 Å². The van der Waals surface area contributed by atoms with Gasteiger partial charge >= 0.3 is 35.8 Å². The van der Waals surface area contributed by atoms with E-state index in [2.05, 4.69) is 0 Å². The molecule has 292 valence electrons. The third-order valence-corrected chi connectivity index (χ3v) is 14.2. The molecule has 2 aliphatic rings. The van der Waals surface area contributed by atoms with Gasteiger partial charge in [-0.05, 0) is 32.0 Å². The molecule has 0 aromatic carbocycles. The van der Waals surface area contributed by atoms with Crippen molar-refractivity contribution in [2.24, 2.45) is 0 Å². The van der Waals surface area contributed by atoms with E-state index in [4.69, 9.17) is 47.1 Å². The highest BCUT2D eigenvalue weighted by molar-refractivity contribution is 8.00. The zero-order valence-corrected chi connectivity index (χ0v) is 33.5. The molecule has 0 N–H and O–H groups in total. The van der Waals surface area contributed by atoms with Gasteiger partial charge in [0.25, 0.3) is 0 Å². The van der Waals surface area contributed by atoms with E-state index in [1.807, 2.05) is 33.9 Å². The molecule has 0 saturated carbocycles. The molecule has 0 aliphatic carbocycles. The SMILES string of the molecule is CC(=O)OC[C@H]1O[C@@H](S[C@H]2[C@H](OC(C)=O)[C@@H](O[Si](C)(C)C(C)(C)C)[C@@H](OC(C)C)O[C@@H]2COC(C)=O)[C@H](OC(C)=O)[C@@H](OC(C)=O)[C@H]1OC(C)=O. The fourth-order valence-electron chi connectivity index (χ4n) is 5.18. The summed E-state index contributed by atoms with van der Waals surface area (Å²) < 4.78 is 59.3. The molecule has 0 spiro atoms. The normalized spacial score (nSPS) is 29.8. The van der Waals surface area contributed by atoms with Gasteiger partial charge in [0.05, 0.1) is 11.4 Å². The average Bonchev–Trinajstić information content (AvgIpc) is 2.95. The maximum Gasteiger partial charge on any atom is 0.303 e. The van der Waals surface area contributed by atoms with Gasteiger partial charge in [-0.15, -0.1) is 11.8 Å². The number of rotatable bonds is 14. The third-order valence-electron chi connectivity index (χ3n) is 8.23. The minimum atomic E-state index is -2.64. The van der Waals surface area contributed by atoms with Gasteiger partial charge in [0.15, 0.2) is 32.9 Å². The smallest absolute Gasteiger partial charge is 0.303 e. The first-order chi connectivity index (χ1) is 23.4. The zero-order chi connectivity index (χ0) is 39.0. The lowest BCUT2D eigenvalue weighted by Gasteiger charge is -2.51. The van der Waals surface area contributed by atoms with E-state index in [9.17, 15) is 28.8 Å². The third kappa shape index (κ3) is 13.3. The molecule has 18 heteroatoms.